The minimum Gasteiger partial charge on any atom is -0.477 e. The van der Waals surface area contributed by atoms with Crippen LogP contribution in [0.4, 0.5) is 24.7 Å². The predicted molar refractivity (Wildman–Crippen MR) is 65.4 cm³/mol. The van der Waals surface area contributed by atoms with E-state index in [0.29, 0.717) is 0 Å². The van der Waals surface area contributed by atoms with Gasteiger partial charge in [0.15, 0.2) is 17.5 Å². The molecule has 2 rings (SSSR count). The van der Waals surface area contributed by atoms with Crippen molar-refractivity contribution >= 4 is 28.4 Å². The van der Waals surface area contributed by atoms with Gasteiger partial charge in [0.1, 0.15) is 11.4 Å². The fraction of sp³-hybridized carbons (Fsp3) is 0.0909. The lowest BCUT2D eigenvalue weighted by atomic mass is 10.1. The predicted octanol–water partition coefficient (Wildman–Crippen LogP) is 1.27. The quantitative estimate of drug-likeness (QED) is 0.491. The molecule has 0 bridgehead atoms. The van der Waals surface area contributed by atoms with Crippen molar-refractivity contribution in [2.24, 2.45) is 0 Å². The van der Waals surface area contributed by atoms with Crippen LogP contribution in [0.3, 0.4) is 0 Å². The molecule has 0 fully saturated rings. The molecule has 6 nitrogen and oxygen atoms in total. The van der Waals surface area contributed by atoms with Crippen molar-refractivity contribution in [2.45, 2.75) is 0 Å². The molecule has 5 N–H and O–H groups in total. The number of nitrogens with two attached hydrogens (primary N) is 1. The molecule has 0 amide bonds. The Morgan fingerprint density at radius 1 is 1.25 bits per heavy atom. The van der Waals surface area contributed by atoms with E-state index in [1.165, 1.54) is 7.05 Å². The summed E-state index contributed by atoms with van der Waals surface area (Å²) in [5, 5.41) is 10.5. The molecule has 0 saturated heterocycles. The molecule has 0 spiro atoms. The Morgan fingerprint density at radius 2 is 1.85 bits per heavy atom. The van der Waals surface area contributed by atoms with Gasteiger partial charge in [-0.2, -0.15) is 0 Å². The second kappa shape index (κ2) is 4.44. The number of anilines is 2. The Hall–Kier alpha value is -2.71. The number of rotatable bonds is 2. The molecule has 1 aromatic carbocycles. The standard InChI is InChI=1S/C11H8F3N3O3/c1-16-10-3(11(19)20)9(18)2-7(15)5(13)4(12)6(14)8(2)17-10/h15H2,1H3,(H,19,20)(H2,16,17,18). The van der Waals surface area contributed by atoms with Gasteiger partial charge in [0.05, 0.1) is 16.6 Å². The van der Waals surface area contributed by atoms with Gasteiger partial charge in [0.25, 0.3) is 0 Å². The number of benzene rings is 1. The first-order valence-corrected chi connectivity index (χ1v) is 5.24. The topological polar surface area (TPSA) is 108 Å². The van der Waals surface area contributed by atoms with Gasteiger partial charge in [-0.25, -0.2) is 18.0 Å². The maximum absolute atomic E-state index is 13.7. The third kappa shape index (κ3) is 1.67. The molecule has 2 aromatic rings. The number of carboxylic acids is 1. The zero-order valence-corrected chi connectivity index (χ0v) is 9.97. The van der Waals surface area contributed by atoms with Crippen molar-refractivity contribution in [3.05, 3.63) is 33.2 Å². The van der Waals surface area contributed by atoms with E-state index in [1.807, 2.05) is 0 Å². The molecule has 0 radical (unpaired) electrons. The van der Waals surface area contributed by atoms with Gasteiger partial charge in [0.2, 0.25) is 5.43 Å². The molecule has 0 atom stereocenters. The molecule has 0 aliphatic carbocycles. The van der Waals surface area contributed by atoms with Crippen LogP contribution in [0.15, 0.2) is 4.79 Å². The monoisotopic (exact) mass is 287 g/mol. The number of halogens is 3. The fourth-order valence-corrected chi connectivity index (χ4v) is 1.85. The number of hydrogen-bond acceptors (Lipinski definition) is 4. The summed E-state index contributed by atoms with van der Waals surface area (Å²) >= 11 is 0. The summed E-state index contributed by atoms with van der Waals surface area (Å²) in [7, 11) is 1.27. The van der Waals surface area contributed by atoms with Crippen LogP contribution < -0.4 is 16.5 Å². The zero-order chi connectivity index (χ0) is 15.2. The molecule has 1 aromatic heterocycles. The molecule has 1 heterocycles. The smallest absolute Gasteiger partial charge is 0.343 e. The lowest BCUT2D eigenvalue weighted by molar-refractivity contribution is 0.0696. The summed E-state index contributed by atoms with van der Waals surface area (Å²) in [6, 6.07) is 0. The van der Waals surface area contributed by atoms with Crippen LogP contribution in [0.25, 0.3) is 10.9 Å². The first kappa shape index (κ1) is 13.7. The van der Waals surface area contributed by atoms with E-state index < -0.39 is 51.0 Å². The van der Waals surface area contributed by atoms with Gasteiger partial charge in [0, 0.05) is 7.05 Å². The van der Waals surface area contributed by atoms with Crippen molar-refractivity contribution in [3.8, 4) is 0 Å². The van der Waals surface area contributed by atoms with E-state index >= 15 is 0 Å². The van der Waals surface area contributed by atoms with E-state index in [2.05, 4.69) is 10.3 Å². The maximum Gasteiger partial charge on any atom is 0.343 e. The largest absolute Gasteiger partial charge is 0.477 e. The Bertz CT molecular complexity index is 801. The van der Waals surface area contributed by atoms with Gasteiger partial charge >= 0.3 is 5.97 Å². The number of pyridine rings is 1. The second-order valence-electron chi connectivity index (χ2n) is 3.86. The highest BCUT2D eigenvalue weighted by Gasteiger charge is 2.25. The molecule has 106 valence electrons. The van der Waals surface area contributed by atoms with Crippen molar-refractivity contribution in [1.29, 1.82) is 0 Å². The Labute approximate surface area is 109 Å². The molecule has 20 heavy (non-hydrogen) atoms. The lowest BCUT2D eigenvalue weighted by Gasteiger charge is -2.11. The molecular formula is C11H8F3N3O3. The number of carbonyl (C=O) groups is 1. The highest BCUT2D eigenvalue weighted by molar-refractivity contribution is 6.01. The Balaban J connectivity index is 3.14. The lowest BCUT2D eigenvalue weighted by Crippen LogP contribution is -2.21. The van der Waals surface area contributed by atoms with Crippen LogP contribution >= 0.6 is 0 Å². The van der Waals surface area contributed by atoms with Crippen LogP contribution in [0.2, 0.25) is 0 Å². The minimum atomic E-state index is -1.85. The Kier molecular flexibility index (Phi) is 3.04. The van der Waals surface area contributed by atoms with Gasteiger partial charge in [-0.05, 0) is 0 Å². The summed E-state index contributed by atoms with van der Waals surface area (Å²) in [4.78, 5) is 25.2. The summed E-state index contributed by atoms with van der Waals surface area (Å²) in [5.74, 6) is -7.22. The molecular weight excluding hydrogens is 279 g/mol. The van der Waals surface area contributed by atoms with Crippen LogP contribution in [0.5, 0.6) is 0 Å². The Morgan fingerprint density at radius 3 is 2.35 bits per heavy atom. The minimum absolute atomic E-state index is 0.348. The SMILES string of the molecule is CNc1[nH]c2c(F)c(F)c(F)c(N)c2c(=O)c1C(=O)O. The van der Waals surface area contributed by atoms with E-state index in [0.717, 1.165) is 0 Å². The number of nitrogens with one attached hydrogen (secondary N) is 2. The molecule has 0 aliphatic heterocycles. The third-order valence-corrected chi connectivity index (χ3v) is 2.78. The fourth-order valence-electron chi connectivity index (χ4n) is 1.85. The summed E-state index contributed by atoms with van der Waals surface area (Å²) in [5.41, 5.74) is 1.58. The van der Waals surface area contributed by atoms with Gasteiger partial charge < -0.3 is 21.1 Å². The summed E-state index contributed by atoms with van der Waals surface area (Å²) < 4.78 is 40.3. The van der Waals surface area contributed by atoms with Gasteiger partial charge in [-0.3, -0.25) is 4.79 Å². The first-order valence-electron chi connectivity index (χ1n) is 5.24. The average molecular weight is 287 g/mol. The zero-order valence-electron chi connectivity index (χ0n) is 9.97. The number of aromatic amines is 1. The highest BCUT2D eigenvalue weighted by atomic mass is 19.2. The van der Waals surface area contributed by atoms with E-state index in [4.69, 9.17) is 10.8 Å². The van der Waals surface area contributed by atoms with E-state index in [-0.39, 0.29) is 5.82 Å². The van der Waals surface area contributed by atoms with Crippen molar-refractivity contribution in [1.82, 2.24) is 4.98 Å². The normalized spacial score (nSPS) is 10.8. The first-order chi connectivity index (χ1) is 9.31. The number of fused-ring (bicyclic) bond motifs is 1. The number of aromatic nitrogens is 1. The maximum atomic E-state index is 13.7. The number of aromatic carboxylic acids is 1. The average Bonchev–Trinajstić information content (AvgIpc) is 2.41. The van der Waals surface area contributed by atoms with Gasteiger partial charge in [-0.1, -0.05) is 0 Å². The third-order valence-electron chi connectivity index (χ3n) is 2.78. The van der Waals surface area contributed by atoms with Crippen LogP contribution in [-0.2, 0) is 0 Å². The number of hydrogen-bond donors (Lipinski definition) is 4. The van der Waals surface area contributed by atoms with Crippen molar-refractivity contribution < 1.29 is 23.1 Å². The van der Waals surface area contributed by atoms with Crippen molar-refractivity contribution in [2.75, 3.05) is 18.1 Å². The molecule has 0 aliphatic rings. The number of carboxylic acid groups (broad SMARTS) is 1. The van der Waals surface area contributed by atoms with Crippen LogP contribution in [-0.4, -0.2) is 23.1 Å². The van der Waals surface area contributed by atoms with Gasteiger partial charge in [-0.15, -0.1) is 0 Å². The number of H-pyrrole nitrogens is 1. The van der Waals surface area contributed by atoms with Crippen LogP contribution in [0.1, 0.15) is 10.4 Å². The number of nitrogen functional groups attached to an aromatic ring is 1. The van der Waals surface area contributed by atoms with E-state index in [1.54, 1.807) is 0 Å². The molecule has 0 unspecified atom stereocenters. The van der Waals surface area contributed by atoms with Crippen LogP contribution in [0, 0.1) is 17.5 Å². The summed E-state index contributed by atoms with van der Waals surface area (Å²) in [6.07, 6.45) is 0. The second-order valence-corrected chi connectivity index (χ2v) is 3.86. The van der Waals surface area contributed by atoms with Crippen molar-refractivity contribution in [3.63, 3.8) is 0 Å². The molecule has 9 heteroatoms. The highest BCUT2D eigenvalue weighted by Crippen LogP contribution is 2.28. The summed E-state index contributed by atoms with van der Waals surface area (Å²) in [6.45, 7) is 0. The van der Waals surface area contributed by atoms with E-state index in [9.17, 15) is 22.8 Å². The molecule has 0 saturated carbocycles.